The monoisotopic (exact) mass is 481 g/mol. The van der Waals surface area contributed by atoms with E-state index in [4.69, 9.17) is 18.5 Å². The Hall–Kier alpha value is -0.0100. The fraction of sp³-hybridized carbons (Fsp3) is 1.00. The molecule has 0 fully saturated rings. The normalized spacial score (nSPS) is 14.7. The molecule has 1 unspecified atom stereocenters. The van der Waals surface area contributed by atoms with Crippen LogP contribution in [0.5, 0.6) is 0 Å². The summed E-state index contributed by atoms with van der Waals surface area (Å²) in [6.45, 7) is 3.93. The van der Waals surface area contributed by atoms with Crippen molar-refractivity contribution in [1.29, 1.82) is 0 Å². The van der Waals surface area contributed by atoms with Gasteiger partial charge in [0, 0.05) is 20.3 Å². The Morgan fingerprint density at radius 2 is 1.25 bits per heavy atom. The van der Waals surface area contributed by atoms with Gasteiger partial charge in [0.15, 0.2) is 0 Å². The van der Waals surface area contributed by atoms with Crippen LogP contribution in [0, 0.1) is 0 Å². The molecule has 0 aliphatic carbocycles. The van der Waals surface area contributed by atoms with Crippen molar-refractivity contribution < 1.29 is 28.0 Å². The second-order valence-corrected chi connectivity index (χ2v) is 10.4. The van der Waals surface area contributed by atoms with E-state index in [9.17, 15) is 9.46 Å². The van der Waals surface area contributed by atoms with E-state index in [-0.39, 0.29) is 19.3 Å². The SMILES string of the molecule is CCCCCCCCCCCCCCCCOC[C@@H](COP(=O)(O)OCCN(C)C)OC. The minimum absolute atomic E-state index is 0.0367. The predicted octanol–water partition coefficient (Wildman–Crippen LogP) is 6.19. The number of hydrogen-bond donors (Lipinski definition) is 1. The number of phosphoric ester groups is 1. The van der Waals surface area contributed by atoms with Gasteiger partial charge < -0.3 is 19.3 Å². The molecular formula is C24H52NO6P. The summed E-state index contributed by atoms with van der Waals surface area (Å²) >= 11 is 0. The number of phosphoric acid groups is 1. The van der Waals surface area contributed by atoms with Crippen LogP contribution in [-0.4, -0.2) is 70.1 Å². The Morgan fingerprint density at radius 1 is 0.750 bits per heavy atom. The Morgan fingerprint density at radius 3 is 1.72 bits per heavy atom. The highest BCUT2D eigenvalue weighted by atomic mass is 31.2. The van der Waals surface area contributed by atoms with Crippen LogP contribution in [-0.2, 0) is 23.1 Å². The van der Waals surface area contributed by atoms with Crippen molar-refractivity contribution in [1.82, 2.24) is 4.90 Å². The molecule has 0 bridgehead atoms. The van der Waals surface area contributed by atoms with Crippen LogP contribution in [0.25, 0.3) is 0 Å². The molecule has 8 heteroatoms. The number of hydrogen-bond acceptors (Lipinski definition) is 6. The van der Waals surface area contributed by atoms with E-state index >= 15 is 0 Å². The van der Waals surface area contributed by atoms with Crippen molar-refractivity contribution in [3.05, 3.63) is 0 Å². The lowest BCUT2D eigenvalue weighted by Crippen LogP contribution is -2.24. The first-order valence-electron chi connectivity index (χ1n) is 12.8. The lowest BCUT2D eigenvalue weighted by molar-refractivity contribution is -0.0222. The van der Waals surface area contributed by atoms with Gasteiger partial charge in [-0.2, -0.15) is 0 Å². The highest BCUT2D eigenvalue weighted by Crippen LogP contribution is 2.43. The molecule has 0 saturated heterocycles. The van der Waals surface area contributed by atoms with E-state index in [0.717, 1.165) is 6.42 Å². The summed E-state index contributed by atoms with van der Waals surface area (Å²) in [7, 11) is 1.21. The van der Waals surface area contributed by atoms with Gasteiger partial charge in [-0.15, -0.1) is 0 Å². The zero-order valence-electron chi connectivity index (χ0n) is 21.4. The largest absolute Gasteiger partial charge is 0.472 e. The molecule has 0 heterocycles. The summed E-state index contributed by atoms with van der Waals surface area (Å²) in [5.41, 5.74) is 0. The van der Waals surface area contributed by atoms with E-state index in [2.05, 4.69) is 6.92 Å². The lowest BCUT2D eigenvalue weighted by Gasteiger charge is -2.18. The van der Waals surface area contributed by atoms with Gasteiger partial charge in [-0.3, -0.25) is 9.05 Å². The summed E-state index contributed by atoms with van der Waals surface area (Å²) in [4.78, 5) is 11.5. The quantitative estimate of drug-likeness (QED) is 0.123. The Kier molecular flexibility index (Phi) is 22.8. The van der Waals surface area contributed by atoms with Crippen LogP contribution in [0.1, 0.15) is 96.8 Å². The molecule has 0 aromatic rings. The zero-order valence-corrected chi connectivity index (χ0v) is 22.3. The third kappa shape index (κ3) is 23.2. The molecular weight excluding hydrogens is 429 g/mol. The number of unbranched alkanes of at least 4 members (excludes halogenated alkanes) is 13. The highest BCUT2D eigenvalue weighted by molar-refractivity contribution is 7.47. The molecule has 0 aromatic heterocycles. The van der Waals surface area contributed by atoms with Gasteiger partial charge in [0.2, 0.25) is 0 Å². The fourth-order valence-corrected chi connectivity index (χ4v) is 4.09. The molecule has 0 saturated carbocycles. The van der Waals surface area contributed by atoms with Crippen LogP contribution in [0.15, 0.2) is 0 Å². The smallest absolute Gasteiger partial charge is 0.379 e. The van der Waals surface area contributed by atoms with E-state index in [0.29, 0.717) is 19.8 Å². The average Bonchev–Trinajstić information content (AvgIpc) is 2.75. The summed E-state index contributed by atoms with van der Waals surface area (Å²) in [6.07, 6.45) is 18.3. The fourth-order valence-electron chi connectivity index (χ4n) is 3.35. The van der Waals surface area contributed by atoms with Crippen LogP contribution in [0.2, 0.25) is 0 Å². The summed E-state index contributed by atoms with van der Waals surface area (Å²) in [5, 5.41) is 0. The molecule has 7 nitrogen and oxygen atoms in total. The molecule has 0 amide bonds. The topological polar surface area (TPSA) is 77.5 Å². The number of nitrogens with zero attached hydrogens (tertiary/aromatic N) is 1. The summed E-state index contributed by atoms with van der Waals surface area (Å²) < 4.78 is 32.7. The van der Waals surface area contributed by atoms with Crippen LogP contribution in [0.4, 0.5) is 0 Å². The van der Waals surface area contributed by atoms with Gasteiger partial charge in [-0.1, -0.05) is 90.4 Å². The number of methoxy groups -OCH3 is 1. The van der Waals surface area contributed by atoms with Crippen LogP contribution in [0.3, 0.4) is 0 Å². The maximum Gasteiger partial charge on any atom is 0.472 e. The van der Waals surface area contributed by atoms with Crippen molar-refractivity contribution in [2.24, 2.45) is 0 Å². The van der Waals surface area contributed by atoms with Crippen LogP contribution >= 0.6 is 7.82 Å². The Labute approximate surface area is 198 Å². The number of likely N-dealkylation sites (N-methyl/N-ethyl adjacent to an activating group) is 1. The molecule has 0 aliphatic heterocycles. The minimum Gasteiger partial charge on any atom is -0.379 e. The van der Waals surface area contributed by atoms with Crippen LogP contribution < -0.4 is 0 Å². The minimum atomic E-state index is -4.05. The van der Waals surface area contributed by atoms with Gasteiger partial charge in [-0.25, -0.2) is 4.57 Å². The summed E-state index contributed by atoms with van der Waals surface area (Å²) in [6, 6.07) is 0. The van der Waals surface area contributed by atoms with Gasteiger partial charge in [0.25, 0.3) is 0 Å². The highest BCUT2D eigenvalue weighted by Gasteiger charge is 2.23. The Balaban J connectivity index is 3.48. The second-order valence-electron chi connectivity index (χ2n) is 8.93. The molecule has 0 spiro atoms. The summed E-state index contributed by atoms with van der Waals surface area (Å²) in [5.74, 6) is 0. The molecule has 32 heavy (non-hydrogen) atoms. The molecule has 1 N–H and O–H groups in total. The molecule has 0 rings (SSSR count). The number of rotatable bonds is 25. The molecule has 0 aromatic carbocycles. The first kappa shape index (κ1) is 32.0. The third-order valence-electron chi connectivity index (χ3n) is 5.50. The van der Waals surface area contributed by atoms with Gasteiger partial charge in [0.05, 0.1) is 19.8 Å². The third-order valence-corrected chi connectivity index (χ3v) is 6.48. The van der Waals surface area contributed by atoms with Crippen molar-refractivity contribution in [3.8, 4) is 0 Å². The van der Waals surface area contributed by atoms with Gasteiger partial charge in [0.1, 0.15) is 6.10 Å². The second kappa shape index (κ2) is 22.8. The van der Waals surface area contributed by atoms with E-state index in [1.807, 2.05) is 19.0 Å². The molecule has 194 valence electrons. The van der Waals surface area contributed by atoms with Crippen molar-refractivity contribution in [2.75, 3.05) is 54.2 Å². The average molecular weight is 482 g/mol. The van der Waals surface area contributed by atoms with E-state index < -0.39 is 7.82 Å². The lowest BCUT2D eigenvalue weighted by atomic mass is 10.0. The Bertz CT molecular complexity index is 439. The molecule has 0 aliphatic rings. The zero-order chi connectivity index (χ0) is 23.9. The molecule has 2 atom stereocenters. The number of ether oxygens (including phenoxy) is 2. The van der Waals surface area contributed by atoms with Gasteiger partial charge >= 0.3 is 7.82 Å². The first-order chi connectivity index (χ1) is 15.4. The van der Waals surface area contributed by atoms with E-state index in [1.54, 1.807) is 7.11 Å². The van der Waals surface area contributed by atoms with Crippen molar-refractivity contribution in [3.63, 3.8) is 0 Å². The predicted molar refractivity (Wildman–Crippen MR) is 132 cm³/mol. The molecule has 0 radical (unpaired) electrons. The maximum absolute atomic E-state index is 11.8. The first-order valence-corrected chi connectivity index (χ1v) is 14.3. The van der Waals surface area contributed by atoms with Crippen molar-refractivity contribution in [2.45, 2.75) is 103 Å². The van der Waals surface area contributed by atoms with Crippen molar-refractivity contribution >= 4 is 7.82 Å². The van der Waals surface area contributed by atoms with Gasteiger partial charge in [-0.05, 0) is 20.5 Å². The maximum atomic E-state index is 11.8. The standard InChI is InChI=1S/C24H52NO6P/c1-5-6-7-8-9-10-11-12-13-14-15-16-17-18-20-29-22-24(28-4)23-31-32(26,27)30-21-19-25(2)3/h24H,5-23H2,1-4H3,(H,26,27)/t24-/m0/s1. The van der Waals surface area contributed by atoms with E-state index in [1.165, 1.54) is 83.5 Å².